The first-order chi connectivity index (χ1) is 12.4. The molecule has 1 heterocycles. The minimum absolute atomic E-state index is 0.0160. The van der Waals surface area contributed by atoms with E-state index < -0.39 is 0 Å². The summed E-state index contributed by atoms with van der Waals surface area (Å²) >= 11 is 6.39. The zero-order valence-electron chi connectivity index (χ0n) is 15.5. The van der Waals surface area contributed by atoms with Crippen LogP contribution in [0.2, 0.25) is 5.02 Å². The number of aromatic nitrogens is 2. The van der Waals surface area contributed by atoms with Gasteiger partial charge < -0.3 is 9.80 Å². The molecule has 0 aliphatic heterocycles. The molecule has 0 fully saturated rings. The van der Waals surface area contributed by atoms with Crippen molar-refractivity contribution in [2.75, 3.05) is 34.2 Å². The molecule has 0 aliphatic rings. The first-order valence-corrected chi connectivity index (χ1v) is 8.88. The summed E-state index contributed by atoms with van der Waals surface area (Å²) in [7, 11) is 7.72. The van der Waals surface area contributed by atoms with E-state index in [-0.39, 0.29) is 5.91 Å². The van der Waals surface area contributed by atoms with E-state index in [1.54, 1.807) is 4.90 Å². The molecule has 1 aromatic heterocycles. The summed E-state index contributed by atoms with van der Waals surface area (Å²) < 4.78 is 1.82. The summed E-state index contributed by atoms with van der Waals surface area (Å²) in [6.45, 7) is 1.52. The molecule has 0 saturated carbocycles. The van der Waals surface area contributed by atoms with Gasteiger partial charge in [0.2, 0.25) is 0 Å². The van der Waals surface area contributed by atoms with E-state index in [1.807, 2.05) is 75.3 Å². The van der Waals surface area contributed by atoms with E-state index in [0.717, 1.165) is 28.7 Å². The van der Waals surface area contributed by atoms with Crippen LogP contribution >= 0.6 is 11.6 Å². The number of nitrogens with zero attached hydrogens (tertiary/aromatic N) is 4. The molecule has 0 N–H and O–H groups in total. The van der Waals surface area contributed by atoms with Crippen LogP contribution in [0.1, 0.15) is 10.4 Å². The number of likely N-dealkylation sites (N-methyl/N-ethyl adjacent to an activating group) is 2. The molecule has 0 aliphatic carbocycles. The van der Waals surface area contributed by atoms with Gasteiger partial charge in [0.15, 0.2) is 0 Å². The molecule has 0 spiro atoms. The van der Waals surface area contributed by atoms with Crippen LogP contribution in [0.15, 0.2) is 42.5 Å². The van der Waals surface area contributed by atoms with Crippen LogP contribution in [0.5, 0.6) is 0 Å². The molecule has 2 aromatic carbocycles. The number of benzene rings is 2. The summed E-state index contributed by atoms with van der Waals surface area (Å²) in [6.07, 6.45) is 0. The van der Waals surface area contributed by atoms with Crippen molar-refractivity contribution in [3.8, 4) is 11.3 Å². The Morgan fingerprint density at radius 3 is 2.42 bits per heavy atom. The number of carbonyl (C=O) groups is 1. The Morgan fingerprint density at radius 2 is 1.77 bits per heavy atom. The number of rotatable bonds is 5. The minimum Gasteiger partial charge on any atom is -0.340 e. The van der Waals surface area contributed by atoms with Gasteiger partial charge in [-0.2, -0.15) is 5.10 Å². The lowest BCUT2D eigenvalue weighted by Crippen LogP contribution is -2.33. The topological polar surface area (TPSA) is 41.4 Å². The lowest BCUT2D eigenvalue weighted by Gasteiger charge is -2.19. The van der Waals surface area contributed by atoms with E-state index in [0.29, 0.717) is 17.1 Å². The van der Waals surface area contributed by atoms with Gasteiger partial charge in [-0.25, -0.2) is 0 Å². The van der Waals surface area contributed by atoms with Gasteiger partial charge in [-0.1, -0.05) is 29.8 Å². The van der Waals surface area contributed by atoms with E-state index in [2.05, 4.69) is 10.00 Å². The summed E-state index contributed by atoms with van der Waals surface area (Å²) in [5.74, 6) is 0.0160. The van der Waals surface area contributed by atoms with Gasteiger partial charge in [-0.05, 0) is 38.4 Å². The summed E-state index contributed by atoms with van der Waals surface area (Å²) in [5.41, 5.74) is 3.42. The van der Waals surface area contributed by atoms with E-state index in [1.165, 1.54) is 0 Å². The van der Waals surface area contributed by atoms with Gasteiger partial charge in [0.25, 0.3) is 5.91 Å². The Hall–Kier alpha value is -2.37. The molecule has 0 saturated heterocycles. The maximum Gasteiger partial charge on any atom is 0.253 e. The third-order valence-electron chi connectivity index (χ3n) is 4.46. The maximum absolute atomic E-state index is 12.5. The van der Waals surface area contributed by atoms with Gasteiger partial charge in [0, 0.05) is 43.7 Å². The molecule has 3 rings (SSSR count). The monoisotopic (exact) mass is 370 g/mol. The molecular weight excluding hydrogens is 348 g/mol. The Bertz CT molecular complexity index is 931. The molecule has 0 unspecified atom stereocenters. The van der Waals surface area contributed by atoms with Crippen molar-refractivity contribution >= 4 is 28.4 Å². The lowest BCUT2D eigenvalue weighted by molar-refractivity contribution is 0.0786. The third-order valence-corrected chi connectivity index (χ3v) is 4.78. The Labute approximate surface area is 158 Å². The smallest absolute Gasteiger partial charge is 0.253 e. The fraction of sp³-hybridized carbons (Fsp3) is 0.300. The first kappa shape index (κ1) is 18.4. The Balaban J connectivity index is 1.88. The van der Waals surface area contributed by atoms with Crippen LogP contribution in [-0.4, -0.2) is 59.7 Å². The van der Waals surface area contributed by atoms with Crippen molar-refractivity contribution in [3.63, 3.8) is 0 Å². The fourth-order valence-corrected chi connectivity index (χ4v) is 3.17. The second-order valence-electron chi connectivity index (χ2n) is 6.71. The predicted octanol–water partition coefficient (Wildman–Crippen LogP) is 3.53. The number of hydrogen-bond donors (Lipinski definition) is 0. The number of aryl methyl sites for hydroxylation is 1. The predicted molar refractivity (Wildman–Crippen MR) is 107 cm³/mol. The van der Waals surface area contributed by atoms with Gasteiger partial charge in [-0.3, -0.25) is 9.48 Å². The van der Waals surface area contributed by atoms with Crippen LogP contribution in [0, 0.1) is 0 Å². The molecular formula is C20H23ClN4O. The number of amides is 1. The molecule has 3 aromatic rings. The van der Waals surface area contributed by atoms with Crippen LogP contribution in [0.3, 0.4) is 0 Å². The third kappa shape index (κ3) is 3.59. The minimum atomic E-state index is 0.0160. The van der Waals surface area contributed by atoms with Crippen molar-refractivity contribution in [2.24, 2.45) is 7.05 Å². The molecule has 0 atom stereocenters. The highest BCUT2D eigenvalue weighted by Gasteiger charge is 2.15. The Kier molecular flexibility index (Phi) is 5.30. The van der Waals surface area contributed by atoms with Gasteiger partial charge >= 0.3 is 0 Å². The van der Waals surface area contributed by atoms with E-state index in [4.69, 9.17) is 11.6 Å². The van der Waals surface area contributed by atoms with Crippen LogP contribution in [-0.2, 0) is 7.05 Å². The maximum atomic E-state index is 12.5. The number of fused-ring (bicyclic) bond motifs is 1. The highest BCUT2D eigenvalue weighted by molar-refractivity contribution is 6.36. The van der Waals surface area contributed by atoms with Crippen LogP contribution in [0.4, 0.5) is 0 Å². The quantitative estimate of drug-likeness (QED) is 0.690. The summed E-state index contributed by atoms with van der Waals surface area (Å²) in [6, 6.07) is 13.3. The molecule has 26 heavy (non-hydrogen) atoms. The highest BCUT2D eigenvalue weighted by atomic mass is 35.5. The van der Waals surface area contributed by atoms with Gasteiger partial charge in [0.05, 0.1) is 10.5 Å². The fourth-order valence-electron chi connectivity index (χ4n) is 2.92. The van der Waals surface area contributed by atoms with Crippen molar-refractivity contribution in [1.29, 1.82) is 0 Å². The van der Waals surface area contributed by atoms with Crippen molar-refractivity contribution in [1.82, 2.24) is 19.6 Å². The highest BCUT2D eigenvalue weighted by Crippen LogP contribution is 2.33. The average molecular weight is 371 g/mol. The number of carbonyl (C=O) groups excluding carboxylic acids is 1. The van der Waals surface area contributed by atoms with E-state index >= 15 is 0 Å². The molecule has 0 bridgehead atoms. The lowest BCUT2D eigenvalue weighted by atomic mass is 10.1. The van der Waals surface area contributed by atoms with Crippen LogP contribution < -0.4 is 0 Å². The van der Waals surface area contributed by atoms with Crippen molar-refractivity contribution in [2.45, 2.75) is 0 Å². The number of hydrogen-bond acceptors (Lipinski definition) is 3. The molecule has 5 nitrogen and oxygen atoms in total. The molecule has 136 valence electrons. The largest absolute Gasteiger partial charge is 0.340 e. The molecule has 6 heteroatoms. The summed E-state index contributed by atoms with van der Waals surface area (Å²) in [5, 5.41) is 6.22. The van der Waals surface area contributed by atoms with Crippen molar-refractivity contribution < 1.29 is 4.79 Å². The number of halogens is 1. The first-order valence-electron chi connectivity index (χ1n) is 8.50. The zero-order valence-corrected chi connectivity index (χ0v) is 16.3. The second kappa shape index (κ2) is 7.48. The van der Waals surface area contributed by atoms with Gasteiger partial charge in [0.1, 0.15) is 5.69 Å². The normalized spacial score (nSPS) is 11.3. The van der Waals surface area contributed by atoms with E-state index in [9.17, 15) is 4.79 Å². The SMILES string of the molecule is CN(C)CCN(C)C(=O)c1ccc(-c2nn(C)c3cccc(Cl)c23)cc1. The summed E-state index contributed by atoms with van der Waals surface area (Å²) in [4.78, 5) is 16.3. The molecule has 0 radical (unpaired) electrons. The second-order valence-corrected chi connectivity index (χ2v) is 7.12. The Morgan fingerprint density at radius 1 is 1.08 bits per heavy atom. The van der Waals surface area contributed by atoms with Gasteiger partial charge in [-0.15, -0.1) is 0 Å². The molecule has 1 amide bonds. The van der Waals surface area contributed by atoms with Crippen molar-refractivity contribution in [3.05, 3.63) is 53.1 Å². The average Bonchev–Trinajstić information content (AvgIpc) is 2.97. The standard InChI is InChI=1S/C20H23ClN4O/c1-23(2)12-13-24(3)20(26)15-10-8-14(9-11-15)19-18-16(21)6-5-7-17(18)25(4)22-19/h5-11H,12-13H2,1-4H3. The van der Waals surface area contributed by atoms with Crippen LogP contribution in [0.25, 0.3) is 22.2 Å². The zero-order chi connectivity index (χ0) is 18.8.